The smallest absolute Gasteiger partial charge is 0.271 e. The van der Waals surface area contributed by atoms with Crippen molar-refractivity contribution >= 4 is 57.7 Å². The van der Waals surface area contributed by atoms with Crippen LogP contribution in [0.1, 0.15) is 81.0 Å². The summed E-state index contributed by atoms with van der Waals surface area (Å²) in [6.07, 6.45) is 1.89. The Kier molecular flexibility index (Phi) is 10.7. The largest absolute Gasteiger partial charge is 0.474 e. The zero-order valence-corrected chi connectivity index (χ0v) is 30.2. The lowest BCUT2D eigenvalue weighted by molar-refractivity contribution is -0.133. The molecule has 1 saturated heterocycles. The molecule has 4 aliphatic rings. The van der Waals surface area contributed by atoms with E-state index >= 15 is 0 Å². The van der Waals surface area contributed by atoms with E-state index in [4.69, 9.17) is 19.7 Å². The van der Waals surface area contributed by atoms with Crippen LogP contribution < -0.4 is 16.0 Å². The summed E-state index contributed by atoms with van der Waals surface area (Å²) < 4.78 is 6.18. The van der Waals surface area contributed by atoms with Gasteiger partial charge in [-0.1, -0.05) is 64.4 Å². The molecule has 3 N–H and O–H groups in total. The Hall–Kier alpha value is -3.78. The number of fused-ring (bicyclic) bond motifs is 6. The standard InChI is InChI=1S/C35H45N7O5S2/c1-6-19(4)27-34-38-23(16-49-34)29(43)36-22(15-21-11-8-7-9-12-21)35(46)42-14-10-13-25(42)32-41-28(20(5)47-32)31(45)39-26(18(2)3)33-37-24(17-48-33)30(44)40-27/h7-9,11-12,16,18-20,22,24-28H,6,10,13-15,17H2,1-5H3,(H,36,43)(H,39,45)(H,40,44). The molecule has 1 fully saturated rings. The molecule has 1 aromatic heterocycles. The number of hydrogen-bond donors (Lipinski definition) is 3. The molecule has 2 aromatic rings. The van der Waals surface area contributed by atoms with E-state index in [1.807, 2.05) is 58.0 Å². The van der Waals surface area contributed by atoms with Crippen molar-refractivity contribution in [2.45, 2.75) is 103 Å². The minimum Gasteiger partial charge on any atom is -0.474 e. The maximum Gasteiger partial charge on any atom is 0.271 e. The fraction of sp³-hybridized carbons (Fsp3) is 0.571. The second kappa shape index (κ2) is 15.0. The van der Waals surface area contributed by atoms with Gasteiger partial charge in [-0.05, 0) is 37.2 Å². The minimum atomic E-state index is -0.878. The zero-order chi connectivity index (χ0) is 34.8. The van der Waals surface area contributed by atoms with Gasteiger partial charge < -0.3 is 25.6 Å². The SMILES string of the molecule is CCC(C)C1NC(=O)C2CSC(=N2)C(C(C)C)NC(=O)C2N=C(OC2C)C2CCCN2C(=O)C(Cc2ccccc2)NC(=O)c2csc1n2. The predicted octanol–water partition coefficient (Wildman–Crippen LogP) is 3.53. The Morgan fingerprint density at radius 2 is 1.76 bits per heavy atom. The van der Waals surface area contributed by atoms with Crippen LogP contribution in [0, 0.1) is 11.8 Å². The van der Waals surface area contributed by atoms with Crippen LogP contribution >= 0.6 is 23.1 Å². The second-order valence-corrected chi connectivity index (χ2v) is 15.5. The van der Waals surface area contributed by atoms with Crippen LogP contribution in [-0.2, 0) is 25.5 Å². The van der Waals surface area contributed by atoms with Crippen LogP contribution in [0.3, 0.4) is 0 Å². The topological polar surface area (TPSA) is 154 Å². The molecule has 0 spiro atoms. The van der Waals surface area contributed by atoms with E-state index in [1.54, 1.807) is 17.2 Å². The van der Waals surface area contributed by atoms with Crippen LogP contribution in [0.2, 0.25) is 0 Å². The maximum atomic E-state index is 14.3. The average Bonchev–Trinajstić information content (AvgIpc) is 3.91. The summed E-state index contributed by atoms with van der Waals surface area (Å²) in [6.45, 7) is 10.4. The lowest BCUT2D eigenvalue weighted by atomic mass is 9.99. The molecule has 6 bridgehead atoms. The van der Waals surface area contributed by atoms with Gasteiger partial charge in [0.15, 0.2) is 6.04 Å². The number of thioether (sulfide) groups is 1. The van der Waals surface area contributed by atoms with Crippen molar-refractivity contribution in [3.63, 3.8) is 0 Å². The number of amides is 4. The Balaban J connectivity index is 1.38. The van der Waals surface area contributed by atoms with Gasteiger partial charge >= 0.3 is 0 Å². The summed E-state index contributed by atoms with van der Waals surface area (Å²) in [5.74, 6) is -0.362. The number of rotatable bonds is 5. The highest BCUT2D eigenvalue weighted by atomic mass is 32.2. The molecule has 8 unspecified atom stereocenters. The highest BCUT2D eigenvalue weighted by Gasteiger charge is 2.44. The van der Waals surface area contributed by atoms with Crippen molar-refractivity contribution in [3.05, 3.63) is 52.0 Å². The third-order valence-electron chi connectivity index (χ3n) is 9.73. The van der Waals surface area contributed by atoms with E-state index < -0.39 is 48.3 Å². The van der Waals surface area contributed by atoms with Crippen molar-refractivity contribution in [1.29, 1.82) is 0 Å². The number of nitrogens with zero attached hydrogens (tertiary/aromatic N) is 4. The average molecular weight is 708 g/mol. The van der Waals surface area contributed by atoms with Gasteiger partial charge in [-0.25, -0.2) is 9.98 Å². The number of aliphatic imine (C=N–C) groups is 2. The van der Waals surface area contributed by atoms with Crippen molar-refractivity contribution in [2.75, 3.05) is 12.3 Å². The van der Waals surface area contributed by atoms with Gasteiger partial charge in [0.1, 0.15) is 34.9 Å². The molecule has 4 amide bonds. The summed E-state index contributed by atoms with van der Waals surface area (Å²) in [4.78, 5) is 71.4. The number of nitrogens with one attached hydrogen (secondary N) is 3. The summed E-state index contributed by atoms with van der Waals surface area (Å²) >= 11 is 2.79. The van der Waals surface area contributed by atoms with E-state index in [1.165, 1.54) is 23.1 Å². The molecule has 0 saturated carbocycles. The first-order valence-electron chi connectivity index (χ1n) is 17.2. The van der Waals surface area contributed by atoms with Gasteiger partial charge in [-0.2, -0.15) is 0 Å². The molecule has 12 nitrogen and oxygen atoms in total. The molecule has 14 heteroatoms. The number of ether oxygens (including phenoxy) is 1. The molecule has 49 heavy (non-hydrogen) atoms. The van der Waals surface area contributed by atoms with E-state index in [0.29, 0.717) is 34.7 Å². The van der Waals surface area contributed by atoms with Gasteiger partial charge in [0, 0.05) is 24.1 Å². The highest BCUT2D eigenvalue weighted by molar-refractivity contribution is 8.14. The normalized spacial score (nSPS) is 30.0. The van der Waals surface area contributed by atoms with Crippen molar-refractivity contribution in [1.82, 2.24) is 25.8 Å². The highest BCUT2D eigenvalue weighted by Crippen LogP contribution is 2.31. The quantitative estimate of drug-likeness (QED) is 0.430. The van der Waals surface area contributed by atoms with E-state index in [2.05, 4.69) is 16.0 Å². The number of thiazole rings is 1. The molecular formula is C35H45N7O5S2. The number of carbonyl (C=O) groups excluding carboxylic acids is 4. The van der Waals surface area contributed by atoms with Crippen molar-refractivity contribution in [3.8, 4) is 0 Å². The summed E-state index contributed by atoms with van der Waals surface area (Å²) in [6, 6.07) is 5.98. The van der Waals surface area contributed by atoms with Crippen LogP contribution in [0.5, 0.6) is 0 Å². The minimum absolute atomic E-state index is 0.0100. The molecule has 262 valence electrons. The Bertz CT molecular complexity index is 1630. The zero-order valence-electron chi connectivity index (χ0n) is 28.5. The molecule has 5 heterocycles. The monoisotopic (exact) mass is 707 g/mol. The molecule has 0 radical (unpaired) electrons. The van der Waals surface area contributed by atoms with Crippen molar-refractivity contribution in [2.24, 2.45) is 21.8 Å². The van der Waals surface area contributed by atoms with Gasteiger partial charge in [0.2, 0.25) is 23.6 Å². The van der Waals surface area contributed by atoms with Crippen molar-refractivity contribution < 1.29 is 23.9 Å². The molecular weight excluding hydrogens is 663 g/mol. The number of carbonyl (C=O) groups is 4. The Morgan fingerprint density at radius 1 is 1.00 bits per heavy atom. The van der Waals surface area contributed by atoms with Gasteiger partial charge in [0.25, 0.3) is 5.91 Å². The van der Waals surface area contributed by atoms with Gasteiger partial charge in [-0.15, -0.1) is 23.1 Å². The lowest BCUT2D eigenvalue weighted by Gasteiger charge is -2.29. The molecule has 8 atom stereocenters. The predicted molar refractivity (Wildman–Crippen MR) is 191 cm³/mol. The molecule has 4 aliphatic heterocycles. The second-order valence-electron chi connectivity index (χ2n) is 13.6. The van der Waals surface area contributed by atoms with Crippen LogP contribution in [-0.4, -0.2) is 93.1 Å². The maximum absolute atomic E-state index is 14.3. The number of aromatic nitrogens is 1. The molecule has 6 rings (SSSR count). The summed E-state index contributed by atoms with van der Waals surface area (Å²) in [5, 5.41) is 12.3. The van der Waals surface area contributed by atoms with Crippen LogP contribution in [0.25, 0.3) is 0 Å². The molecule has 0 aliphatic carbocycles. The van der Waals surface area contributed by atoms with Crippen LogP contribution in [0.15, 0.2) is 45.7 Å². The third-order valence-corrected chi connectivity index (χ3v) is 11.8. The number of hydrogen-bond acceptors (Lipinski definition) is 10. The fourth-order valence-corrected chi connectivity index (χ4v) is 8.90. The van der Waals surface area contributed by atoms with E-state index in [-0.39, 0.29) is 41.7 Å². The Morgan fingerprint density at radius 3 is 2.49 bits per heavy atom. The summed E-state index contributed by atoms with van der Waals surface area (Å²) in [7, 11) is 0. The summed E-state index contributed by atoms with van der Waals surface area (Å²) in [5.41, 5.74) is 1.09. The first kappa shape index (κ1) is 35.1. The lowest BCUT2D eigenvalue weighted by Crippen LogP contribution is -2.52. The Labute approximate surface area is 295 Å². The third kappa shape index (κ3) is 7.54. The van der Waals surface area contributed by atoms with Gasteiger partial charge in [0.05, 0.1) is 17.1 Å². The van der Waals surface area contributed by atoms with Crippen LogP contribution in [0.4, 0.5) is 0 Å². The van der Waals surface area contributed by atoms with E-state index in [0.717, 1.165) is 18.4 Å². The van der Waals surface area contributed by atoms with E-state index in [9.17, 15) is 19.2 Å². The first-order chi connectivity index (χ1) is 23.5. The van der Waals surface area contributed by atoms with Gasteiger partial charge in [-0.3, -0.25) is 24.2 Å². The first-order valence-corrected chi connectivity index (χ1v) is 19.1. The fourth-order valence-electron chi connectivity index (χ4n) is 6.65. The number of benzene rings is 1. The molecule has 1 aromatic carbocycles.